The standard InChI is InChI=1S/C16H23NOS/c1-4-10-17-15(16-9-6-12(3)18-16)11-14-8-7-13(5-2)19-14/h6-9,15,17H,4-5,10-11H2,1-3H3. The van der Waals surface area contributed by atoms with Crippen molar-refractivity contribution in [1.82, 2.24) is 5.32 Å². The second kappa shape index (κ2) is 6.92. The van der Waals surface area contributed by atoms with Gasteiger partial charge < -0.3 is 9.73 Å². The fourth-order valence-corrected chi connectivity index (χ4v) is 3.16. The normalized spacial score (nSPS) is 12.8. The highest BCUT2D eigenvalue weighted by Gasteiger charge is 2.16. The molecule has 0 aliphatic carbocycles. The van der Waals surface area contributed by atoms with Gasteiger partial charge in [-0.25, -0.2) is 0 Å². The van der Waals surface area contributed by atoms with Crippen molar-refractivity contribution in [3.8, 4) is 0 Å². The maximum atomic E-state index is 5.79. The molecule has 1 unspecified atom stereocenters. The highest BCUT2D eigenvalue weighted by Crippen LogP contribution is 2.25. The summed E-state index contributed by atoms with van der Waals surface area (Å²) >= 11 is 1.91. The Morgan fingerprint density at radius 3 is 2.53 bits per heavy atom. The van der Waals surface area contributed by atoms with Crippen molar-refractivity contribution in [2.24, 2.45) is 0 Å². The monoisotopic (exact) mass is 277 g/mol. The van der Waals surface area contributed by atoms with E-state index in [4.69, 9.17) is 4.42 Å². The van der Waals surface area contributed by atoms with Crippen molar-refractivity contribution in [1.29, 1.82) is 0 Å². The molecule has 0 aliphatic rings. The Hall–Kier alpha value is -1.06. The van der Waals surface area contributed by atoms with Crippen molar-refractivity contribution >= 4 is 11.3 Å². The second-order valence-corrected chi connectivity index (χ2v) is 6.13. The van der Waals surface area contributed by atoms with Crippen LogP contribution in [0.2, 0.25) is 0 Å². The molecule has 0 radical (unpaired) electrons. The molecule has 1 N–H and O–H groups in total. The molecule has 0 bridgehead atoms. The van der Waals surface area contributed by atoms with Crippen molar-refractivity contribution in [3.05, 3.63) is 45.5 Å². The van der Waals surface area contributed by atoms with E-state index >= 15 is 0 Å². The maximum Gasteiger partial charge on any atom is 0.121 e. The van der Waals surface area contributed by atoms with E-state index in [1.807, 2.05) is 24.3 Å². The Bertz CT molecular complexity index is 500. The van der Waals surface area contributed by atoms with E-state index in [2.05, 4.69) is 37.4 Å². The van der Waals surface area contributed by atoms with E-state index in [0.29, 0.717) is 0 Å². The van der Waals surface area contributed by atoms with Crippen LogP contribution in [0.25, 0.3) is 0 Å². The number of furan rings is 1. The first-order valence-corrected chi connectivity index (χ1v) is 7.91. The van der Waals surface area contributed by atoms with Crippen molar-refractivity contribution < 1.29 is 4.42 Å². The lowest BCUT2D eigenvalue weighted by atomic mass is 10.1. The van der Waals surface area contributed by atoms with Crippen LogP contribution < -0.4 is 5.32 Å². The summed E-state index contributed by atoms with van der Waals surface area (Å²) in [6.45, 7) is 7.42. The summed E-state index contributed by atoms with van der Waals surface area (Å²) in [5.41, 5.74) is 0. The fourth-order valence-electron chi connectivity index (χ4n) is 2.16. The first kappa shape index (κ1) is 14.4. The molecule has 0 aromatic carbocycles. The van der Waals surface area contributed by atoms with Crippen LogP contribution in [0, 0.1) is 6.92 Å². The summed E-state index contributed by atoms with van der Waals surface area (Å²) in [6, 6.07) is 8.92. The summed E-state index contributed by atoms with van der Waals surface area (Å²) in [7, 11) is 0. The van der Waals surface area contributed by atoms with Crippen molar-refractivity contribution in [2.45, 2.75) is 46.1 Å². The number of aryl methyl sites for hydroxylation is 2. The third-order valence-corrected chi connectivity index (χ3v) is 4.47. The van der Waals surface area contributed by atoms with Crippen LogP contribution in [-0.4, -0.2) is 6.54 Å². The number of thiophene rings is 1. The summed E-state index contributed by atoms with van der Waals surface area (Å²) in [6.07, 6.45) is 3.27. The third-order valence-electron chi connectivity index (χ3n) is 3.22. The highest BCUT2D eigenvalue weighted by atomic mass is 32.1. The zero-order valence-corrected chi connectivity index (χ0v) is 12.8. The van der Waals surface area contributed by atoms with Gasteiger partial charge in [0.05, 0.1) is 6.04 Å². The molecular weight excluding hydrogens is 254 g/mol. The van der Waals surface area contributed by atoms with Gasteiger partial charge in [-0.2, -0.15) is 0 Å². The molecule has 0 aliphatic heterocycles. The van der Waals surface area contributed by atoms with Crippen LogP contribution in [0.15, 0.2) is 28.7 Å². The van der Waals surface area contributed by atoms with Crippen LogP contribution in [0.1, 0.15) is 47.6 Å². The molecule has 2 nitrogen and oxygen atoms in total. The zero-order valence-electron chi connectivity index (χ0n) is 12.0. The van der Waals surface area contributed by atoms with Crippen LogP contribution >= 0.6 is 11.3 Å². The van der Waals surface area contributed by atoms with E-state index in [-0.39, 0.29) is 6.04 Å². The average Bonchev–Trinajstić information content (AvgIpc) is 3.03. The van der Waals surface area contributed by atoms with Gasteiger partial charge in [0.25, 0.3) is 0 Å². The summed E-state index contributed by atoms with van der Waals surface area (Å²) in [4.78, 5) is 2.89. The second-order valence-electron chi connectivity index (χ2n) is 4.88. The van der Waals surface area contributed by atoms with Gasteiger partial charge in [0, 0.05) is 16.2 Å². The molecule has 104 valence electrons. The van der Waals surface area contributed by atoms with Gasteiger partial charge in [-0.15, -0.1) is 11.3 Å². The third kappa shape index (κ3) is 3.95. The lowest BCUT2D eigenvalue weighted by molar-refractivity contribution is 0.399. The number of hydrogen-bond donors (Lipinski definition) is 1. The lowest BCUT2D eigenvalue weighted by Gasteiger charge is -2.15. The van der Waals surface area contributed by atoms with Gasteiger partial charge in [0.2, 0.25) is 0 Å². The topological polar surface area (TPSA) is 25.2 Å². The number of nitrogens with one attached hydrogen (secondary N) is 1. The smallest absolute Gasteiger partial charge is 0.121 e. The largest absolute Gasteiger partial charge is 0.465 e. The molecule has 0 amide bonds. The Kier molecular flexibility index (Phi) is 5.23. The molecular formula is C16H23NOS. The minimum atomic E-state index is 0.289. The molecule has 0 saturated carbocycles. The van der Waals surface area contributed by atoms with Crippen LogP contribution in [0.4, 0.5) is 0 Å². The Labute approximate surface area is 119 Å². The molecule has 0 saturated heterocycles. The highest BCUT2D eigenvalue weighted by molar-refractivity contribution is 7.11. The predicted molar refractivity (Wildman–Crippen MR) is 81.9 cm³/mol. The molecule has 0 spiro atoms. The molecule has 2 rings (SSSR count). The SMILES string of the molecule is CCCNC(Cc1ccc(CC)s1)c1ccc(C)o1. The predicted octanol–water partition coefficient (Wildman–Crippen LogP) is 4.50. The fraction of sp³-hybridized carbons (Fsp3) is 0.500. The van der Waals surface area contributed by atoms with Crippen molar-refractivity contribution in [2.75, 3.05) is 6.54 Å². The Morgan fingerprint density at radius 2 is 1.95 bits per heavy atom. The number of hydrogen-bond acceptors (Lipinski definition) is 3. The van der Waals surface area contributed by atoms with Crippen LogP contribution in [-0.2, 0) is 12.8 Å². The van der Waals surface area contributed by atoms with Gasteiger partial charge in [-0.3, -0.25) is 0 Å². The van der Waals surface area contributed by atoms with E-state index in [9.17, 15) is 0 Å². The molecule has 0 fully saturated rings. The van der Waals surface area contributed by atoms with Gasteiger partial charge in [0.15, 0.2) is 0 Å². The van der Waals surface area contributed by atoms with E-state index in [1.54, 1.807) is 0 Å². The lowest BCUT2D eigenvalue weighted by Crippen LogP contribution is -2.23. The van der Waals surface area contributed by atoms with Crippen LogP contribution in [0.3, 0.4) is 0 Å². The van der Waals surface area contributed by atoms with E-state index in [1.165, 1.54) is 9.75 Å². The Balaban J connectivity index is 2.09. The summed E-state index contributed by atoms with van der Waals surface area (Å²) < 4.78 is 5.79. The molecule has 2 aromatic rings. The first-order chi connectivity index (χ1) is 9.22. The molecule has 19 heavy (non-hydrogen) atoms. The van der Waals surface area contributed by atoms with Gasteiger partial charge in [0.1, 0.15) is 11.5 Å². The van der Waals surface area contributed by atoms with E-state index in [0.717, 1.165) is 37.3 Å². The van der Waals surface area contributed by atoms with Crippen molar-refractivity contribution in [3.63, 3.8) is 0 Å². The first-order valence-electron chi connectivity index (χ1n) is 7.10. The maximum absolute atomic E-state index is 5.79. The van der Waals surface area contributed by atoms with Crippen LogP contribution in [0.5, 0.6) is 0 Å². The van der Waals surface area contributed by atoms with E-state index < -0.39 is 0 Å². The molecule has 2 heterocycles. The molecule has 3 heteroatoms. The molecule has 2 aromatic heterocycles. The average molecular weight is 277 g/mol. The minimum Gasteiger partial charge on any atom is -0.465 e. The van der Waals surface area contributed by atoms with Gasteiger partial charge in [-0.05, 0) is 50.6 Å². The zero-order chi connectivity index (χ0) is 13.7. The summed E-state index contributed by atoms with van der Waals surface area (Å²) in [5.74, 6) is 2.04. The van der Waals surface area contributed by atoms with Gasteiger partial charge in [-0.1, -0.05) is 13.8 Å². The Morgan fingerprint density at radius 1 is 1.16 bits per heavy atom. The molecule has 1 atom stereocenters. The minimum absolute atomic E-state index is 0.289. The summed E-state index contributed by atoms with van der Waals surface area (Å²) in [5, 5.41) is 3.59. The van der Waals surface area contributed by atoms with Gasteiger partial charge >= 0.3 is 0 Å². The number of rotatable bonds is 7. The quantitative estimate of drug-likeness (QED) is 0.806.